The maximum Gasteiger partial charge on any atom is 0.335 e. The fraction of sp³-hybridized carbons (Fsp3) is 0.200. The predicted molar refractivity (Wildman–Crippen MR) is 132 cm³/mol. The van der Waals surface area contributed by atoms with Crippen LogP contribution in [0.25, 0.3) is 16.9 Å². The molecule has 10 nitrogen and oxygen atoms in total. The van der Waals surface area contributed by atoms with Crippen molar-refractivity contribution in [1.29, 1.82) is 0 Å². The average Bonchev–Trinajstić information content (AvgIpc) is 3.33. The van der Waals surface area contributed by atoms with Gasteiger partial charge in [-0.2, -0.15) is 0 Å². The minimum absolute atomic E-state index is 0.151. The van der Waals surface area contributed by atoms with Crippen LogP contribution in [0.3, 0.4) is 0 Å². The number of urea groups is 1. The number of aromatic nitrogens is 3. The largest absolute Gasteiger partial charge is 0.478 e. The van der Waals surface area contributed by atoms with Crippen molar-refractivity contribution in [2.24, 2.45) is 0 Å². The van der Waals surface area contributed by atoms with Gasteiger partial charge in [-0.15, -0.1) is 5.10 Å². The van der Waals surface area contributed by atoms with Gasteiger partial charge in [0.2, 0.25) is 0 Å². The van der Waals surface area contributed by atoms with Crippen molar-refractivity contribution in [2.75, 3.05) is 35.3 Å². The van der Waals surface area contributed by atoms with Gasteiger partial charge >= 0.3 is 12.0 Å². The molecule has 3 heterocycles. The van der Waals surface area contributed by atoms with Crippen molar-refractivity contribution < 1.29 is 19.4 Å². The van der Waals surface area contributed by atoms with Crippen LogP contribution in [0.4, 0.5) is 22.0 Å². The zero-order valence-electron chi connectivity index (χ0n) is 19.0. The maximum absolute atomic E-state index is 12.3. The smallest absolute Gasteiger partial charge is 0.335 e. The molecule has 3 N–H and O–H groups in total. The van der Waals surface area contributed by atoms with Crippen molar-refractivity contribution in [1.82, 2.24) is 14.6 Å². The first-order valence-electron chi connectivity index (χ1n) is 11.2. The Labute approximate surface area is 201 Å². The molecule has 1 atom stereocenters. The van der Waals surface area contributed by atoms with Crippen molar-refractivity contribution in [2.45, 2.75) is 13.0 Å². The predicted octanol–water partition coefficient (Wildman–Crippen LogP) is 3.96. The third-order valence-electron chi connectivity index (χ3n) is 5.80. The number of fused-ring (bicyclic) bond motifs is 1. The lowest BCUT2D eigenvalue weighted by atomic mass is 10.2. The molecule has 10 heteroatoms. The molecule has 0 spiro atoms. The molecule has 1 fully saturated rings. The van der Waals surface area contributed by atoms with Gasteiger partial charge in [0.15, 0.2) is 11.6 Å². The van der Waals surface area contributed by atoms with Crippen LogP contribution in [0, 0.1) is 0 Å². The SMILES string of the molecule is C[C@@H]1COCCN1c1nc(-c2ccc(NC(=O)Nc3ccc(C(=O)O)cc3)cc2)nn2cccc12. The molecule has 0 aliphatic carbocycles. The van der Waals surface area contributed by atoms with Gasteiger partial charge in [-0.25, -0.2) is 19.1 Å². The average molecular weight is 473 g/mol. The van der Waals surface area contributed by atoms with E-state index in [0.29, 0.717) is 30.4 Å². The van der Waals surface area contributed by atoms with Crippen molar-refractivity contribution >= 4 is 34.7 Å². The number of carboxylic acid groups (broad SMARTS) is 1. The maximum atomic E-state index is 12.3. The summed E-state index contributed by atoms with van der Waals surface area (Å²) < 4.78 is 7.41. The van der Waals surface area contributed by atoms with Gasteiger partial charge in [0.1, 0.15) is 5.52 Å². The Morgan fingerprint density at radius 2 is 1.71 bits per heavy atom. The number of rotatable bonds is 5. The van der Waals surface area contributed by atoms with E-state index in [1.165, 1.54) is 24.3 Å². The molecule has 0 unspecified atom stereocenters. The number of hydrogen-bond donors (Lipinski definition) is 3. The molecule has 178 valence electrons. The summed E-state index contributed by atoms with van der Waals surface area (Å²) >= 11 is 0. The Hall–Kier alpha value is -4.44. The van der Waals surface area contributed by atoms with E-state index in [1.54, 1.807) is 12.1 Å². The summed E-state index contributed by atoms with van der Waals surface area (Å²) in [5.41, 5.74) is 2.99. The fourth-order valence-corrected chi connectivity index (χ4v) is 3.99. The molecule has 0 radical (unpaired) electrons. The number of carboxylic acids is 1. The molecular weight excluding hydrogens is 448 g/mol. The summed E-state index contributed by atoms with van der Waals surface area (Å²) in [5, 5.41) is 19.1. The van der Waals surface area contributed by atoms with Crippen LogP contribution in [0.1, 0.15) is 17.3 Å². The van der Waals surface area contributed by atoms with Crippen LogP contribution in [0.15, 0.2) is 66.9 Å². The second kappa shape index (κ2) is 9.43. The Kier molecular flexibility index (Phi) is 6.02. The Bertz CT molecular complexity index is 1370. The highest BCUT2D eigenvalue weighted by Crippen LogP contribution is 2.27. The number of carbonyl (C=O) groups excluding carboxylic acids is 1. The molecule has 35 heavy (non-hydrogen) atoms. The van der Waals surface area contributed by atoms with Crippen LogP contribution < -0.4 is 15.5 Å². The molecule has 2 amide bonds. The van der Waals surface area contributed by atoms with Gasteiger partial charge in [0, 0.05) is 29.7 Å². The van der Waals surface area contributed by atoms with E-state index in [2.05, 4.69) is 27.6 Å². The molecule has 1 aliphatic heterocycles. The molecule has 0 saturated carbocycles. The number of benzene rings is 2. The van der Waals surface area contributed by atoms with Crippen LogP contribution in [-0.4, -0.2) is 57.5 Å². The van der Waals surface area contributed by atoms with Gasteiger partial charge in [-0.3, -0.25) is 0 Å². The molecule has 1 aliphatic rings. The number of carbonyl (C=O) groups is 2. The highest BCUT2D eigenvalue weighted by atomic mass is 16.5. The lowest BCUT2D eigenvalue weighted by Gasteiger charge is -2.34. The lowest BCUT2D eigenvalue weighted by Crippen LogP contribution is -2.44. The normalized spacial score (nSPS) is 15.7. The second-order valence-corrected chi connectivity index (χ2v) is 8.25. The minimum Gasteiger partial charge on any atom is -0.478 e. The summed E-state index contributed by atoms with van der Waals surface area (Å²) in [6, 6.07) is 16.9. The number of nitrogens with one attached hydrogen (secondary N) is 2. The van der Waals surface area contributed by atoms with E-state index in [1.807, 2.05) is 35.0 Å². The van der Waals surface area contributed by atoms with Crippen molar-refractivity contribution in [3.63, 3.8) is 0 Å². The van der Waals surface area contributed by atoms with Gasteiger partial charge in [0.05, 0.1) is 24.8 Å². The first-order valence-corrected chi connectivity index (χ1v) is 11.2. The lowest BCUT2D eigenvalue weighted by molar-refractivity contribution is 0.0697. The molecule has 0 bridgehead atoms. The van der Waals surface area contributed by atoms with E-state index >= 15 is 0 Å². The number of ether oxygens (including phenoxy) is 1. The number of nitrogens with zero attached hydrogens (tertiary/aromatic N) is 4. The highest BCUT2D eigenvalue weighted by molar-refractivity contribution is 6.00. The van der Waals surface area contributed by atoms with Gasteiger partial charge in [-0.1, -0.05) is 0 Å². The van der Waals surface area contributed by atoms with Crippen molar-refractivity contribution in [3.8, 4) is 11.4 Å². The van der Waals surface area contributed by atoms with Crippen LogP contribution in [0.5, 0.6) is 0 Å². The van der Waals surface area contributed by atoms with Crippen LogP contribution >= 0.6 is 0 Å². The number of morpholine rings is 1. The molecular formula is C25H24N6O4. The molecule has 2 aromatic carbocycles. The topological polar surface area (TPSA) is 121 Å². The summed E-state index contributed by atoms with van der Waals surface area (Å²) in [7, 11) is 0. The summed E-state index contributed by atoms with van der Waals surface area (Å²) in [6.07, 6.45) is 1.90. The number of amides is 2. The van der Waals surface area contributed by atoms with E-state index in [9.17, 15) is 9.59 Å². The third-order valence-corrected chi connectivity index (χ3v) is 5.80. The van der Waals surface area contributed by atoms with Crippen molar-refractivity contribution in [3.05, 3.63) is 72.4 Å². The molecule has 1 saturated heterocycles. The van der Waals surface area contributed by atoms with Crippen LogP contribution in [0.2, 0.25) is 0 Å². The summed E-state index contributed by atoms with van der Waals surface area (Å²) in [6.45, 7) is 4.18. The number of aromatic carboxylic acids is 1. The fourth-order valence-electron chi connectivity index (χ4n) is 3.99. The zero-order chi connectivity index (χ0) is 24.4. The first-order chi connectivity index (χ1) is 17.0. The molecule has 5 rings (SSSR count). The Morgan fingerprint density at radius 3 is 2.37 bits per heavy atom. The third kappa shape index (κ3) is 4.78. The van der Waals surface area contributed by atoms with Gasteiger partial charge in [0.25, 0.3) is 0 Å². The molecule has 2 aromatic heterocycles. The summed E-state index contributed by atoms with van der Waals surface area (Å²) in [5.74, 6) is 0.427. The van der Waals surface area contributed by atoms with E-state index < -0.39 is 12.0 Å². The minimum atomic E-state index is -1.02. The summed E-state index contributed by atoms with van der Waals surface area (Å²) in [4.78, 5) is 30.4. The number of anilines is 3. The Balaban J connectivity index is 1.32. The number of hydrogen-bond acceptors (Lipinski definition) is 6. The van der Waals surface area contributed by atoms with E-state index in [-0.39, 0.29) is 11.6 Å². The highest BCUT2D eigenvalue weighted by Gasteiger charge is 2.23. The van der Waals surface area contributed by atoms with E-state index in [0.717, 1.165) is 23.4 Å². The quantitative estimate of drug-likeness (QED) is 0.402. The van der Waals surface area contributed by atoms with Gasteiger partial charge in [-0.05, 0) is 67.6 Å². The Morgan fingerprint density at radius 1 is 1.03 bits per heavy atom. The van der Waals surface area contributed by atoms with Crippen LogP contribution in [-0.2, 0) is 4.74 Å². The van der Waals surface area contributed by atoms with Gasteiger partial charge < -0.3 is 25.4 Å². The standard InChI is InChI=1S/C25H24N6O4/c1-16-15-35-14-13-30(16)23-21-3-2-12-31(21)29-22(28-23)17-4-8-19(9-5-17)26-25(34)27-20-10-6-18(7-11-20)24(32)33/h2-12,16H,13-15H2,1H3,(H,32,33)(H2,26,27,34)/t16-/m1/s1. The second-order valence-electron chi connectivity index (χ2n) is 8.25. The zero-order valence-corrected chi connectivity index (χ0v) is 19.0. The molecule has 4 aromatic rings. The first kappa shape index (κ1) is 22.4. The van der Waals surface area contributed by atoms with E-state index in [4.69, 9.17) is 14.8 Å². The monoisotopic (exact) mass is 472 g/mol.